The molecule has 1 heterocycles. The molecule has 4 aromatic rings. The van der Waals surface area contributed by atoms with Gasteiger partial charge in [0.1, 0.15) is 47.1 Å². The van der Waals surface area contributed by atoms with E-state index >= 15 is 0 Å². The highest BCUT2D eigenvalue weighted by Crippen LogP contribution is 2.44. The van der Waals surface area contributed by atoms with Crippen molar-refractivity contribution in [1.29, 1.82) is 5.26 Å². The van der Waals surface area contributed by atoms with Crippen LogP contribution in [-0.2, 0) is 11.4 Å². The standard InChI is InChI=1S/C31H22ClFN2O5/c32-21-6-10-23(11-7-21)38-18-29(36)39-25-12-13-26-28(15-25)40-31(35)27(16-34)30(26)20-2-1-3-24(14-20)37-17-19-4-8-22(33)9-5-19/h1-15,30H,17-18,35H2. The van der Waals surface area contributed by atoms with Crippen molar-refractivity contribution in [2.45, 2.75) is 12.5 Å². The predicted octanol–water partition coefficient (Wildman–Crippen LogP) is 6.26. The number of fused-ring (bicyclic) bond motifs is 1. The van der Waals surface area contributed by atoms with E-state index in [9.17, 15) is 14.4 Å². The van der Waals surface area contributed by atoms with Crippen LogP contribution in [0.3, 0.4) is 0 Å². The third-order valence-corrected chi connectivity index (χ3v) is 6.35. The number of benzene rings is 4. The fraction of sp³-hybridized carbons (Fsp3) is 0.0968. The maximum atomic E-state index is 13.2. The first kappa shape index (κ1) is 26.6. The van der Waals surface area contributed by atoms with Gasteiger partial charge in [0.15, 0.2) is 6.61 Å². The SMILES string of the molecule is N#CC1=C(N)Oc2cc(OC(=O)COc3ccc(Cl)cc3)ccc2C1c1cccc(OCc2ccc(F)cc2)c1. The quantitative estimate of drug-likeness (QED) is 0.202. The van der Waals surface area contributed by atoms with E-state index in [4.69, 9.17) is 36.3 Å². The molecule has 7 nitrogen and oxygen atoms in total. The van der Waals surface area contributed by atoms with E-state index in [-0.39, 0.29) is 36.2 Å². The molecule has 0 amide bonds. The molecule has 0 aromatic heterocycles. The van der Waals surface area contributed by atoms with Crippen LogP contribution in [0.1, 0.15) is 22.6 Å². The molecule has 1 aliphatic heterocycles. The van der Waals surface area contributed by atoms with Crippen molar-refractivity contribution >= 4 is 17.6 Å². The third-order valence-electron chi connectivity index (χ3n) is 6.10. The molecular weight excluding hydrogens is 535 g/mol. The zero-order chi connectivity index (χ0) is 28.1. The van der Waals surface area contributed by atoms with E-state index in [1.807, 2.05) is 18.2 Å². The molecule has 1 unspecified atom stereocenters. The number of nitrogens with two attached hydrogens (primary N) is 1. The molecule has 0 spiro atoms. The summed E-state index contributed by atoms with van der Waals surface area (Å²) in [6, 6.07) is 27.0. The zero-order valence-corrected chi connectivity index (χ0v) is 21.7. The average molecular weight is 557 g/mol. The second-order valence-electron chi connectivity index (χ2n) is 8.83. The van der Waals surface area contributed by atoms with Gasteiger partial charge in [-0.1, -0.05) is 41.9 Å². The smallest absolute Gasteiger partial charge is 0.349 e. The van der Waals surface area contributed by atoms with Crippen molar-refractivity contribution in [2.75, 3.05) is 6.61 Å². The molecule has 2 N–H and O–H groups in total. The predicted molar refractivity (Wildman–Crippen MR) is 145 cm³/mol. The summed E-state index contributed by atoms with van der Waals surface area (Å²) < 4.78 is 35.7. The zero-order valence-electron chi connectivity index (χ0n) is 21.0. The maximum absolute atomic E-state index is 13.2. The van der Waals surface area contributed by atoms with Gasteiger partial charge in [0.25, 0.3) is 0 Å². The van der Waals surface area contributed by atoms with Gasteiger partial charge in [-0.15, -0.1) is 0 Å². The summed E-state index contributed by atoms with van der Waals surface area (Å²) in [5.41, 5.74) is 8.59. The van der Waals surface area contributed by atoms with Gasteiger partial charge in [0.2, 0.25) is 5.88 Å². The molecule has 4 aromatic carbocycles. The molecule has 0 fully saturated rings. The first-order valence-electron chi connectivity index (χ1n) is 12.2. The number of halogens is 2. The van der Waals surface area contributed by atoms with Crippen LogP contribution in [0.5, 0.6) is 23.0 Å². The number of hydrogen-bond donors (Lipinski definition) is 1. The van der Waals surface area contributed by atoms with Gasteiger partial charge in [0.05, 0.1) is 5.92 Å². The highest BCUT2D eigenvalue weighted by atomic mass is 35.5. The number of ether oxygens (including phenoxy) is 4. The van der Waals surface area contributed by atoms with Gasteiger partial charge >= 0.3 is 5.97 Å². The van der Waals surface area contributed by atoms with Crippen LogP contribution in [0.15, 0.2) is 102 Å². The molecule has 0 bridgehead atoms. The Bertz CT molecular complexity index is 1610. The fourth-order valence-electron chi connectivity index (χ4n) is 4.21. The largest absolute Gasteiger partial charge is 0.489 e. The van der Waals surface area contributed by atoms with Crippen molar-refractivity contribution in [1.82, 2.24) is 0 Å². The lowest BCUT2D eigenvalue weighted by atomic mass is 9.83. The molecule has 0 radical (unpaired) electrons. The van der Waals surface area contributed by atoms with Crippen molar-refractivity contribution < 1.29 is 28.1 Å². The molecule has 5 rings (SSSR count). The van der Waals surface area contributed by atoms with Gasteiger partial charge in [-0.3, -0.25) is 0 Å². The highest BCUT2D eigenvalue weighted by molar-refractivity contribution is 6.30. The minimum Gasteiger partial charge on any atom is -0.489 e. The van der Waals surface area contributed by atoms with Crippen LogP contribution < -0.4 is 24.7 Å². The van der Waals surface area contributed by atoms with Gasteiger partial charge in [-0.2, -0.15) is 5.26 Å². The van der Waals surface area contributed by atoms with Crippen molar-refractivity contribution in [3.8, 4) is 29.1 Å². The summed E-state index contributed by atoms with van der Waals surface area (Å²) in [6.07, 6.45) is 0. The summed E-state index contributed by atoms with van der Waals surface area (Å²) in [5, 5.41) is 10.4. The molecule has 1 aliphatic rings. The average Bonchev–Trinajstić information content (AvgIpc) is 2.96. The summed E-state index contributed by atoms with van der Waals surface area (Å²) in [5.74, 6) is 0.0971. The summed E-state index contributed by atoms with van der Waals surface area (Å²) in [4.78, 5) is 12.4. The first-order valence-corrected chi connectivity index (χ1v) is 12.5. The fourth-order valence-corrected chi connectivity index (χ4v) is 4.33. The monoisotopic (exact) mass is 556 g/mol. The molecule has 0 aliphatic carbocycles. The van der Waals surface area contributed by atoms with Crippen LogP contribution in [0, 0.1) is 17.1 Å². The van der Waals surface area contributed by atoms with Crippen LogP contribution in [-0.4, -0.2) is 12.6 Å². The van der Waals surface area contributed by atoms with E-state index in [2.05, 4.69) is 6.07 Å². The highest BCUT2D eigenvalue weighted by Gasteiger charge is 2.31. The molecule has 9 heteroatoms. The Kier molecular flexibility index (Phi) is 7.85. The van der Waals surface area contributed by atoms with Crippen LogP contribution in [0.4, 0.5) is 4.39 Å². The van der Waals surface area contributed by atoms with Gasteiger partial charge in [0, 0.05) is 16.7 Å². The Morgan fingerprint density at radius 1 is 0.950 bits per heavy atom. The Morgan fingerprint density at radius 2 is 1.70 bits per heavy atom. The van der Waals surface area contributed by atoms with Gasteiger partial charge < -0.3 is 24.7 Å². The summed E-state index contributed by atoms with van der Waals surface area (Å²) >= 11 is 5.86. The molecule has 0 saturated heterocycles. The topological polar surface area (TPSA) is 104 Å². The number of carbonyl (C=O) groups is 1. The van der Waals surface area contributed by atoms with Crippen molar-refractivity contribution in [3.63, 3.8) is 0 Å². The Morgan fingerprint density at radius 3 is 2.45 bits per heavy atom. The number of nitriles is 1. The Labute approximate surface area is 234 Å². The Hall–Kier alpha value is -5.00. The van der Waals surface area contributed by atoms with E-state index in [0.717, 1.165) is 11.1 Å². The number of allylic oxidation sites excluding steroid dienone is 1. The molecular formula is C31H22ClFN2O5. The van der Waals surface area contributed by atoms with Crippen LogP contribution >= 0.6 is 11.6 Å². The lowest BCUT2D eigenvalue weighted by molar-refractivity contribution is -0.136. The van der Waals surface area contributed by atoms with Crippen LogP contribution in [0.25, 0.3) is 0 Å². The van der Waals surface area contributed by atoms with Gasteiger partial charge in [-0.25, -0.2) is 9.18 Å². The number of nitrogens with zero attached hydrogens (tertiary/aromatic N) is 1. The number of rotatable bonds is 8. The second-order valence-corrected chi connectivity index (χ2v) is 9.27. The van der Waals surface area contributed by atoms with Crippen molar-refractivity contribution in [3.05, 3.63) is 130 Å². The number of esters is 1. The minimum atomic E-state index is -0.616. The summed E-state index contributed by atoms with van der Waals surface area (Å²) in [7, 11) is 0. The maximum Gasteiger partial charge on any atom is 0.349 e. The lowest BCUT2D eigenvalue weighted by Crippen LogP contribution is -2.21. The third kappa shape index (κ3) is 6.17. The van der Waals surface area contributed by atoms with E-state index in [0.29, 0.717) is 27.8 Å². The molecule has 40 heavy (non-hydrogen) atoms. The summed E-state index contributed by atoms with van der Waals surface area (Å²) in [6.45, 7) is -0.0683. The van der Waals surface area contributed by atoms with Crippen molar-refractivity contribution in [2.24, 2.45) is 5.73 Å². The number of carbonyl (C=O) groups excluding carboxylic acids is 1. The second kappa shape index (κ2) is 11.8. The first-order chi connectivity index (χ1) is 19.4. The minimum absolute atomic E-state index is 0.0489. The van der Waals surface area contributed by atoms with Gasteiger partial charge in [-0.05, 0) is 65.7 Å². The Balaban J connectivity index is 1.33. The molecule has 0 saturated carbocycles. The van der Waals surface area contributed by atoms with Crippen LogP contribution in [0.2, 0.25) is 5.02 Å². The van der Waals surface area contributed by atoms with E-state index in [1.54, 1.807) is 60.7 Å². The van der Waals surface area contributed by atoms with E-state index < -0.39 is 11.9 Å². The number of hydrogen-bond acceptors (Lipinski definition) is 7. The molecule has 200 valence electrons. The van der Waals surface area contributed by atoms with E-state index in [1.165, 1.54) is 12.1 Å². The lowest BCUT2D eigenvalue weighted by Gasteiger charge is -2.27. The normalized spacial score (nSPS) is 14.0. The molecule has 1 atom stereocenters.